The lowest BCUT2D eigenvalue weighted by molar-refractivity contribution is -0.142. The molecule has 0 radical (unpaired) electrons. The van der Waals surface area contributed by atoms with Crippen LogP contribution in [0.2, 0.25) is 0 Å². The van der Waals surface area contributed by atoms with Gasteiger partial charge in [0.25, 0.3) is 0 Å². The zero-order valence-corrected chi connectivity index (χ0v) is 11.7. The molecule has 0 unspecified atom stereocenters. The number of rotatable bonds is 7. The van der Waals surface area contributed by atoms with Crippen molar-refractivity contribution in [3.8, 4) is 5.75 Å². The highest BCUT2D eigenvalue weighted by molar-refractivity contribution is 5.91. The highest BCUT2D eigenvalue weighted by Gasteiger charge is 2.02. The largest absolute Gasteiger partial charge is 0.497 e. The van der Waals surface area contributed by atoms with Crippen LogP contribution < -0.4 is 10.1 Å². The minimum Gasteiger partial charge on any atom is -0.497 e. The molecular weight excluding hydrogens is 258 g/mol. The van der Waals surface area contributed by atoms with E-state index in [1.54, 1.807) is 20.1 Å². The number of carbonyl (C=O) groups excluding carboxylic acids is 2. The summed E-state index contributed by atoms with van der Waals surface area (Å²) in [4.78, 5) is 22.6. The van der Waals surface area contributed by atoms with Crippen molar-refractivity contribution in [3.63, 3.8) is 0 Å². The Morgan fingerprint density at radius 2 is 1.95 bits per heavy atom. The zero-order valence-electron chi connectivity index (χ0n) is 11.7. The SMILES string of the molecule is CCOC(=O)CCNC(=O)/C=C/c1ccc(OC)cc1. The molecule has 0 spiro atoms. The summed E-state index contributed by atoms with van der Waals surface area (Å²) in [6.45, 7) is 2.36. The number of amides is 1. The Kier molecular flexibility index (Phi) is 6.89. The minimum absolute atomic E-state index is 0.177. The summed E-state index contributed by atoms with van der Waals surface area (Å²) < 4.78 is 9.80. The molecule has 1 rings (SSSR count). The van der Waals surface area contributed by atoms with Crippen molar-refractivity contribution in [2.75, 3.05) is 20.3 Å². The van der Waals surface area contributed by atoms with Crippen molar-refractivity contribution < 1.29 is 19.1 Å². The second-order valence-electron chi connectivity index (χ2n) is 3.95. The quantitative estimate of drug-likeness (QED) is 0.609. The van der Waals surface area contributed by atoms with Crippen LogP contribution in [0.4, 0.5) is 0 Å². The van der Waals surface area contributed by atoms with E-state index < -0.39 is 0 Å². The summed E-state index contributed by atoms with van der Waals surface area (Å²) in [6, 6.07) is 7.33. The Morgan fingerprint density at radius 1 is 1.25 bits per heavy atom. The Hall–Kier alpha value is -2.30. The molecule has 108 valence electrons. The van der Waals surface area contributed by atoms with E-state index in [9.17, 15) is 9.59 Å². The third-order valence-corrected chi connectivity index (χ3v) is 2.48. The molecule has 0 fully saturated rings. The van der Waals surface area contributed by atoms with Crippen LogP contribution in [0.3, 0.4) is 0 Å². The normalized spacial score (nSPS) is 10.3. The molecule has 0 aliphatic heterocycles. The van der Waals surface area contributed by atoms with E-state index in [0.29, 0.717) is 6.61 Å². The standard InChI is InChI=1S/C15H19NO4/c1-3-20-15(18)10-11-16-14(17)9-6-12-4-7-13(19-2)8-5-12/h4-9H,3,10-11H2,1-2H3,(H,16,17)/b9-6+. The van der Waals surface area contributed by atoms with Crippen LogP contribution in [0.1, 0.15) is 18.9 Å². The molecule has 0 heterocycles. The van der Waals surface area contributed by atoms with Crippen LogP contribution in [-0.4, -0.2) is 32.1 Å². The van der Waals surface area contributed by atoms with Crippen LogP contribution in [0.15, 0.2) is 30.3 Å². The number of ether oxygens (including phenoxy) is 2. The molecule has 0 atom stereocenters. The number of carbonyl (C=O) groups is 2. The first-order valence-electron chi connectivity index (χ1n) is 6.41. The van der Waals surface area contributed by atoms with Gasteiger partial charge >= 0.3 is 5.97 Å². The first kappa shape index (κ1) is 15.8. The number of methoxy groups -OCH3 is 1. The molecule has 5 nitrogen and oxygen atoms in total. The van der Waals surface area contributed by atoms with Crippen molar-refractivity contribution in [2.45, 2.75) is 13.3 Å². The molecule has 0 aliphatic rings. The van der Waals surface area contributed by atoms with Crippen molar-refractivity contribution in [1.29, 1.82) is 0 Å². The van der Waals surface area contributed by atoms with Crippen molar-refractivity contribution in [3.05, 3.63) is 35.9 Å². The minimum atomic E-state index is -0.313. The van der Waals surface area contributed by atoms with E-state index in [0.717, 1.165) is 11.3 Å². The van der Waals surface area contributed by atoms with E-state index in [1.165, 1.54) is 6.08 Å². The van der Waals surface area contributed by atoms with Crippen molar-refractivity contribution in [1.82, 2.24) is 5.32 Å². The highest BCUT2D eigenvalue weighted by Crippen LogP contribution is 2.12. The van der Waals surface area contributed by atoms with Gasteiger partial charge in [0.05, 0.1) is 20.1 Å². The van der Waals surface area contributed by atoms with E-state index >= 15 is 0 Å². The molecular formula is C15H19NO4. The van der Waals surface area contributed by atoms with Gasteiger partial charge in [-0.1, -0.05) is 12.1 Å². The van der Waals surface area contributed by atoms with Gasteiger partial charge in [0.1, 0.15) is 5.75 Å². The van der Waals surface area contributed by atoms with E-state index in [-0.39, 0.29) is 24.8 Å². The average Bonchev–Trinajstić information content (AvgIpc) is 2.46. The molecule has 0 aromatic heterocycles. The lowest BCUT2D eigenvalue weighted by atomic mass is 10.2. The van der Waals surface area contributed by atoms with Gasteiger partial charge < -0.3 is 14.8 Å². The fourth-order valence-electron chi connectivity index (χ4n) is 1.47. The molecule has 0 saturated heterocycles. The number of nitrogens with one attached hydrogen (secondary N) is 1. The smallest absolute Gasteiger partial charge is 0.307 e. The Labute approximate surface area is 118 Å². The number of benzene rings is 1. The van der Waals surface area contributed by atoms with Gasteiger partial charge in [-0.2, -0.15) is 0 Å². The summed E-state index contributed by atoms with van der Waals surface area (Å²) >= 11 is 0. The fraction of sp³-hybridized carbons (Fsp3) is 0.333. The molecule has 0 saturated carbocycles. The molecule has 1 amide bonds. The van der Waals surface area contributed by atoms with Gasteiger partial charge in [-0.3, -0.25) is 9.59 Å². The van der Waals surface area contributed by atoms with E-state index in [2.05, 4.69) is 5.32 Å². The molecule has 1 N–H and O–H groups in total. The fourth-order valence-corrected chi connectivity index (χ4v) is 1.47. The predicted molar refractivity (Wildman–Crippen MR) is 76.3 cm³/mol. The molecule has 5 heteroatoms. The number of hydrogen-bond donors (Lipinski definition) is 1. The monoisotopic (exact) mass is 277 g/mol. The molecule has 1 aromatic carbocycles. The van der Waals surface area contributed by atoms with Gasteiger partial charge in [-0.15, -0.1) is 0 Å². The summed E-state index contributed by atoms with van der Waals surface area (Å²) in [6.07, 6.45) is 3.29. The summed E-state index contributed by atoms with van der Waals surface area (Å²) in [7, 11) is 1.60. The first-order valence-corrected chi connectivity index (χ1v) is 6.41. The van der Waals surface area contributed by atoms with Gasteiger partial charge in [0, 0.05) is 12.6 Å². The van der Waals surface area contributed by atoms with Crippen molar-refractivity contribution in [2.24, 2.45) is 0 Å². The topological polar surface area (TPSA) is 64.6 Å². The third kappa shape index (κ3) is 6.04. The van der Waals surface area contributed by atoms with Gasteiger partial charge in [0.15, 0.2) is 0 Å². The maximum absolute atomic E-state index is 11.5. The maximum atomic E-state index is 11.5. The second-order valence-corrected chi connectivity index (χ2v) is 3.95. The van der Waals surface area contributed by atoms with Gasteiger partial charge in [0.2, 0.25) is 5.91 Å². The molecule has 20 heavy (non-hydrogen) atoms. The lowest BCUT2D eigenvalue weighted by Gasteiger charge is -2.02. The van der Waals surface area contributed by atoms with Crippen molar-refractivity contribution >= 4 is 18.0 Å². The van der Waals surface area contributed by atoms with Crippen LogP contribution in [0.25, 0.3) is 6.08 Å². The predicted octanol–water partition coefficient (Wildman–Crippen LogP) is 1.78. The Bertz CT molecular complexity index is 465. The second kappa shape index (κ2) is 8.74. The number of hydrogen-bond acceptors (Lipinski definition) is 4. The molecule has 1 aromatic rings. The molecule has 0 aliphatic carbocycles. The van der Waals surface area contributed by atoms with Crippen LogP contribution in [-0.2, 0) is 14.3 Å². The third-order valence-electron chi connectivity index (χ3n) is 2.48. The van der Waals surface area contributed by atoms with E-state index in [4.69, 9.17) is 9.47 Å². The maximum Gasteiger partial charge on any atom is 0.307 e. The lowest BCUT2D eigenvalue weighted by Crippen LogP contribution is -2.24. The summed E-state index contributed by atoms with van der Waals surface area (Å²) in [5.41, 5.74) is 0.895. The van der Waals surface area contributed by atoms with E-state index in [1.807, 2.05) is 24.3 Å². The van der Waals surface area contributed by atoms with Crippen LogP contribution >= 0.6 is 0 Å². The van der Waals surface area contributed by atoms with Crippen LogP contribution in [0.5, 0.6) is 5.75 Å². The average molecular weight is 277 g/mol. The molecule has 0 bridgehead atoms. The highest BCUT2D eigenvalue weighted by atomic mass is 16.5. The zero-order chi connectivity index (χ0) is 14.8. The van der Waals surface area contributed by atoms with Crippen LogP contribution in [0, 0.1) is 0 Å². The Morgan fingerprint density at radius 3 is 2.55 bits per heavy atom. The number of esters is 1. The van der Waals surface area contributed by atoms with Gasteiger partial charge in [-0.05, 0) is 30.7 Å². The summed E-state index contributed by atoms with van der Waals surface area (Å²) in [5, 5.41) is 2.61. The first-order chi connectivity index (χ1) is 9.65. The Balaban J connectivity index is 2.33. The summed E-state index contributed by atoms with van der Waals surface area (Å²) in [5.74, 6) is 0.207. The van der Waals surface area contributed by atoms with Gasteiger partial charge in [-0.25, -0.2) is 0 Å².